The van der Waals surface area contributed by atoms with Gasteiger partial charge in [0.1, 0.15) is 5.76 Å². The molecule has 1 amide bonds. The van der Waals surface area contributed by atoms with Crippen molar-refractivity contribution >= 4 is 21.8 Å². The van der Waals surface area contributed by atoms with E-state index in [4.69, 9.17) is 4.52 Å². The van der Waals surface area contributed by atoms with Crippen molar-refractivity contribution < 1.29 is 9.32 Å². The fraction of sp³-hybridized carbons (Fsp3) is 0.636. The normalized spacial score (nSPS) is 17.8. The van der Waals surface area contributed by atoms with Crippen LogP contribution >= 0.6 is 15.9 Å². The Kier molecular flexibility index (Phi) is 3.63. The lowest BCUT2D eigenvalue weighted by atomic mass is 9.99. The molecular formula is C11H15BrN2O2. The minimum absolute atomic E-state index is 0.00938. The van der Waals surface area contributed by atoms with Gasteiger partial charge in [0.15, 0.2) is 5.69 Å². The Balaban J connectivity index is 1.96. The molecule has 1 aromatic heterocycles. The fourth-order valence-corrected chi connectivity index (χ4v) is 2.57. The molecule has 1 aliphatic heterocycles. The topological polar surface area (TPSA) is 46.3 Å². The number of amides is 1. The highest BCUT2D eigenvalue weighted by molar-refractivity contribution is 9.09. The van der Waals surface area contributed by atoms with E-state index in [2.05, 4.69) is 21.1 Å². The Morgan fingerprint density at radius 3 is 2.81 bits per heavy atom. The molecule has 0 saturated carbocycles. The van der Waals surface area contributed by atoms with Crippen molar-refractivity contribution in [2.75, 3.05) is 18.4 Å². The summed E-state index contributed by atoms with van der Waals surface area (Å²) in [6.07, 6.45) is 2.13. The maximum absolute atomic E-state index is 12.0. The van der Waals surface area contributed by atoms with Gasteiger partial charge in [0, 0.05) is 24.5 Å². The first-order chi connectivity index (χ1) is 7.70. The maximum Gasteiger partial charge on any atom is 0.276 e. The number of likely N-dealkylation sites (tertiary alicyclic amines) is 1. The van der Waals surface area contributed by atoms with E-state index in [1.165, 1.54) is 0 Å². The zero-order chi connectivity index (χ0) is 11.5. The quantitative estimate of drug-likeness (QED) is 0.784. The van der Waals surface area contributed by atoms with Gasteiger partial charge in [-0.1, -0.05) is 21.1 Å². The predicted octanol–water partition coefficient (Wildman–Crippen LogP) is 2.23. The van der Waals surface area contributed by atoms with Crippen LogP contribution in [0.2, 0.25) is 0 Å². The van der Waals surface area contributed by atoms with Crippen molar-refractivity contribution in [1.82, 2.24) is 10.1 Å². The molecule has 0 N–H and O–H groups in total. The van der Waals surface area contributed by atoms with Crippen molar-refractivity contribution in [2.24, 2.45) is 5.92 Å². The minimum Gasteiger partial charge on any atom is -0.361 e. The van der Waals surface area contributed by atoms with Gasteiger partial charge < -0.3 is 9.42 Å². The van der Waals surface area contributed by atoms with Gasteiger partial charge in [-0.2, -0.15) is 0 Å². The number of nitrogens with zero attached hydrogens (tertiary/aromatic N) is 2. The SMILES string of the molecule is Cc1cc(C(=O)N2CCC(CBr)CC2)no1. The summed E-state index contributed by atoms with van der Waals surface area (Å²) in [7, 11) is 0. The highest BCUT2D eigenvalue weighted by Crippen LogP contribution is 2.20. The number of aromatic nitrogens is 1. The van der Waals surface area contributed by atoms with Gasteiger partial charge >= 0.3 is 0 Å². The van der Waals surface area contributed by atoms with E-state index in [1.54, 1.807) is 13.0 Å². The lowest BCUT2D eigenvalue weighted by Crippen LogP contribution is -2.38. The molecule has 1 aliphatic rings. The second-order valence-electron chi connectivity index (χ2n) is 4.21. The number of carbonyl (C=O) groups excluding carboxylic acids is 1. The molecule has 0 radical (unpaired) electrons. The third-order valence-electron chi connectivity index (χ3n) is 2.97. The molecule has 88 valence electrons. The molecule has 4 nitrogen and oxygen atoms in total. The summed E-state index contributed by atoms with van der Waals surface area (Å²) in [5.74, 6) is 1.37. The van der Waals surface area contributed by atoms with Crippen LogP contribution in [0.1, 0.15) is 29.1 Å². The number of piperidine rings is 1. The molecule has 0 aromatic carbocycles. The van der Waals surface area contributed by atoms with Crippen LogP contribution in [0.3, 0.4) is 0 Å². The lowest BCUT2D eigenvalue weighted by molar-refractivity contribution is 0.0688. The number of aryl methyl sites for hydroxylation is 1. The summed E-state index contributed by atoms with van der Waals surface area (Å²) in [5, 5.41) is 4.78. The summed E-state index contributed by atoms with van der Waals surface area (Å²) in [4.78, 5) is 13.9. The van der Waals surface area contributed by atoms with Gasteiger partial charge in [0.2, 0.25) is 0 Å². The van der Waals surface area contributed by atoms with E-state index >= 15 is 0 Å². The molecule has 16 heavy (non-hydrogen) atoms. The maximum atomic E-state index is 12.0. The third kappa shape index (κ3) is 2.45. The van der Waals surface area contributed by atoms with Crippen LogP contribution in [0.5, 0.6) is 0 Å². The van der Waals surface area contributed by atoms with Gasteiger partial charge in [0.25, 0.3) is 5.91 Å². The summed E-state index contributed by atoms with van der Waals surface area (Å²) in [6.45, 7) is 3.43. The van der Waals surface area contributed by atoms with Crippen LogP contribution in [0, 0.1) is 12.8 Å². The predicted molar refractivity (Wildman–Crippen MR) is 63.7 cm³/mol. The van der Waals surface area contributed by atoms with Gasteiger partial charge in [-0.25, -0.2) is 0 Å². The zero-order valence-corrected chi connectivity index (χ0v) is 10.9. The second kappa shape index (κ2) is 4.99. The summed E-state index contributed by atoms with van der Waals surface area (Å²) < 4.78 is 4.91. The molecule has 2 heterocycles. The van der Waals surface area contributed by atoms with Crippen molar-refractivity contribution in [3.8, 4) is 0 Å². The Bertz CT molecular complexity index is 370. The van der Waals surface area contributed by atoms with Crippen molar-refractivity contribution in [1.29, 1.82) is 0 Å². The third-order valence-corrected chi connectivity index (χ3v) is 3.88. The van der Waals surface area contributed by atoms with Crippen LogP contribution in [0.15, 0.2) is 10.6 Å². The highest BCUT2D eigenvalue weighted by atomic mass is 79.9. The van der Waals surface area contributed by atoms with Gasteiger partial charge in [-0.15, -0.1) is 0 Å². The highest BCUT2D eigenvalue weighted by Gasteiger charge is 2.24. The Labute approximate surface area is 103 Å². The van der Waals surface area contributed by atoms with Crippen molar-refractivity contribution in [2.45, 2.75) is 19.8 Å². The van der Waals surface area contributed by atoms with E-state index in [0.29, 0.717) is 17.4 Å². The Hall–Kier alpha value is -0.840. The zero-order valence-electron chi connectivity index (χ0n) is 9.28. The molecule has 1 saturated heterocycles. The van der Waals surface area contributed by atoms with E-state index in [-0.39, 0.29) is 5.91 Å². The number of alkyl halides is 1. The molecule has 0 bridgehead atoms. The summed E-state index contributed by atoms with van der Waals surface area (Å²) in [6, 6.07) is 1.69. The number of carbonyl (C=O) groups is 1. The summed E-state index contributed by atoms with van der Waals surface area (Å²) in [5.41, 5.74) is 0.426. The largest absolute Gasteiger partial charge is 0.361 e. The van der Waals surface area contributed by atoms with Crippen LogP contribution in [-0.2, 0) is 0 Å². The lowest BCUT2D eigenvalue weighted by Gasteiger charge is -2.30. The van der Waals surface area contributed by atoms with Gasteiger partial charge in [-0.05, 0) is 25.7 Å². The minimum atomic E-state index is -0.00938. The average Bonchev–Trinajstić information content (AvgIpc) is 2.75. The molecule has 0 atom stereocenters. The van der Waals surface area contributed by atoms with Crippen LogP contribution in [-0.4, -0.2) is 34.4 Å². The van der Waals surface area contributed by atoms with E-state index in [9.17, 15) is 4.79 Å². The van der Waals surface area contributed by atoms with E-state index in [0.717, 1.165) is 31.3 Å². The van der Waals surface area contributed by atoms with Crippen molar-refractivity contribution in [3.63, 3.8) is 0 Å². The molecule has 1 aromatic rings. The monoisotopic (exact) mass is 286 g/mol. The van der Waals surface area contributed by atoms with Crippen LogP contribution in [0.4, 0.5) is 0 Å². The second-order valence-corrected chi connectivity index (χ2v) is 4.86. The molecule has 0 spiro atoms. The molecule has 5 heteroatoms. The number of hydrogen-bond donors (Lipinski definition) is 0. The Morgan fingerprint density at radius 1 is 1.62 bits per heavy atom. The van der Waals surface area contributed by atoms with Crippen molar-refractivity contribution in [3.05, 3.63) is 17.5 Å². The molecule has 1 fully saturated rings. The number of halogens is 1. The first-order valence-corrected chi connectivity index (χ1v) is 6.61. The van der Waals surface area contributed by atoms with E-state index < -0.39 is 0 Å². The smallest absolute Gasteiger partial charge is 0.276 e. The first-order valence-electron chi connectivity index (χ1n) is 5.49. The average molecular weight is 287 g/mol. The van der Waals surface area contributed by atoms with Gasteiger partial charge in [0.05, 0.1) is 0 Å². The standard InChI is InChI=1S/C11H15BrN2O2/c1-8-6-10(13-16-8)11(15)14-4-2-9(7-12)3-5-14/h6,9H,2-5,7H2,1H3. The summed E-state index contributed by atoms with van der Waals surface area (Å²) >= 11 is 3.49. The van der Waals surface area contributed by atoms with Crippen LogP contribution < -0.4 is 0 Å². The van der Waals surface area contributed by atoms with Crippen LogP contribution in [0.25, 0.3) is 0 Å². The number of hydrogen-bond acceptors (Lipinski definition) is 3. The fourth-order valence-electron chi connectivity index (χ4n) is 1.92. The molecule has 0 unspecified atom stereocenters. The molecule has 0 aliphatic carbocycles. The number of rotatable bonds is 2. The van der Waals surface area contributed by atoms with Gasteiger partial charge in [-0.3, -0.25) is 4.79 Å². The Morgan fingerprint density at radius 2 is 2.31 bits per heavy atom. The molecular weight excluding hydrogens is 272 g/mol. The van der Waals surface area contributed by atoms with E-state index in [1.807, 2.05) is 4.90 Å². The first kappa shape index (κ1) is 11.6. The molecule has 2 rings (SSSR count).